The van der Waals surface area contributed by atoms with E-state index in [-0.39, 0.29) is 32.0 Å². The molecule has 0 aliphatic heterocycles. The predicted molar refractivity (Wildman–Crippen MR) is 431 cm³/mol. The Balaban J connectivity index is 4.03. The lowest BCUT2D eigenvalue weighted by Crippen LogP contribution is -2.37. The van der Waals surface area contributed by atoms with Gasteiger partial charge in [0, 0.05) is 12.8 Å². The summed E-state index contributed by atoms with van der Waals surface area (Å²) in [5.74, 6) is -0.831. The van der Waals surface area contributed by atoms with E-state index in [0.717, 1.165) is 109 Å². The summed E-state index contributed by atoms with van der Waals surface area (Å²) in [7, 11) is 1.45. The number of phosphoric acid groups is 1. The molecule has 0 aromatic heterocycles. The number of allylic oxidation sites excluding steroid dienone is 22. The number of rotatable bonds is 76. The van der Waals surface area contributed by atoms with Crippen molar-refractivity contribution in [3.63, 3.8) is 0 Å². The molecule has 0 radical (unpaired) electrons. The zero-order chi connectivity index (χ0) is 71.8. The van der Waals surface area contributed by atoms with E-state index in [1.807, 2.05) is 21.1 Å². The lowest BCUT2D eigenvalue weighted by molar-refractivity contribution is -0.870. The SMILES string of the molecule is CC/C=C\C/C=C\C/C=C\C/C=C\C/C=C\C/C=C\C/C=C\C/C=C\C/C=C\C/C=C\C/C=C\CCCCCC(=O)OC(COC(=O)CCCCCCCCCCCCCCCCCCCCCCCCCCCCCCCCCCCCCCCC)COP(=O)(O)OCC[N+](C)(C)C. The van der Waals surface area contributed by atoms with Crippen molar-refractivity contribution >= 4 is 19.8 Å². The monoisotopic (exact) mass is 1400 g/mol. The molecule has 0 aliphatic rings. The number of phosphoric ester groups is 1. The van der Waals surface area contributed by atoms with Gasteiger partial charge in [-0.25, -0.2) is 4.57 Å². The molecule has 2 unspecified atom stereocenters. The van der Waals surface area contributed by atoms with Crippen molar-refractivity contribution in [3.05, 3.63) is 134 Å². The maximum absolute atomic E-state index is 12.9. The van der Waals surface area contributed by atoms with Gasteiger partial charge in [-0.05, 0) is 96.3 Å². The van der Waals surface area contributed by atoms with Gasteiger partial charge in [-0.15, -0.1) is 0 Å². The van der Waals surface area contributed by atoms with Crippen LogP contribution in [-0.4, -0.2) is 74.9 Å². The highest BCUT2D eigenvalue weighted by molar-refractivity contribution is 7.47. The highest BCUT2D eigenvalue weighted by Crippen LogP contribution is 2.43. The average Bonchev–Trinajstić information content (AvgIpc) is 0.999. The fourth-order valence-corrected chi connectivity index (χ4v) is 12.4. The van der Waals surface area contributed by atoms with Crippen LogP contribution < -0.4 is 0 Å². The molecule has 99 heavy (non-hydrogen) atoms. The zero-order valence-corrected chi connectivity index (χ0v) is 66.1. The van der Waals surface area contributed by atoms with Crippen molar-refractivity contribution in [2.45, 2.75) is 373 Å². The number of likely N-dealkylation sites (N-methyl/N-ethyl adjacent to an activating group) is 1. The van der Waals surface area contributed by atoms with Crippen LogP contribution >= 0.6 is 7.82 Å². The standard InChI is InChI=1S/C89H156NO8P/c1-6-8-10-12-14-16-18-20-22-24-26-28-30-32-34-36-38-40-42-44-46-47-49-51-53-55-57-59-61-63-65-67-69-71-73-75-77-79-81-88(91)95-85-87(86-97-99(93,94)96-84-83-90(3,4)5)98-89(92)82-80-78-76-74-72-70-68-66-64-62-60-58-56-54-52-50-48-45-43-41-39-37-35-33-31-29-27-25-23-21-19-17-15-13-11-9-7-2/h9,11,15,17,21,23,27,29,33,35,39,41,45,48,52,54,58,60,64,66,70,72,87H,6-8,10,12-14,16,18-20,22,24-26,28,30-32,34,36-38,40,42-44,46-47,49-51,53,55-57,59,61-63,65,67-69,71,73-86H2,1-5H3/p+1/b11-9-,17-15-,23-21-,29-27-,35-33-,41-39-,48-45-,54-52-,60-58-,66-64-,72-70-. The molecule has 2 atom stereocenters. The van der Waals surface area contributed by atoms with Gasteiger partial charge in [0.25, 0.3) is 0 Å². The van der Waals surface area contributed by atoms with E-state index >= 15 is 0 Å². The molecule has 0 aromatic carbocycles. The Morgan fingerprint density at radius 2 is 0.576 bits per heavy atom. The molecule has 10 heteroatoms. The van der Waals surface area contributed by atoms with Gasteiger partial charge in [0.2, 0.25) is 0 Å². The van der Waals surface area contributed by atoms with Gasteiger partial charge < -0.3 is 18.9 Å². The topological polar surface area (TPSA) is 108 Å². The Morgan fingerprint density at radius 1 is 0.323 bits per heavy atom. The second-order valence-corrected chi connectivity index (χ2v) is 30.2. The van der Waals surface area contributed by atoms with Gasteiger partial charge in [-0.2, -0.15) is 0 Å². The molecule has 9 nitrogen and oxygen atoms in total. The lowest BCUT2D eigenvalue weighted by Gasteiger charge is -2.24. The van der Waals surface area contributed by atoms with Crippen LogP contribution in [0.2, 0.25) is 0 Å². The second-order valence-electron chi connectivity index (χ2n) is 28.8. The molecule has 570 valence electrons. The molecular weight excluding hydrogens is 1240 g/mol. The number of ether oxygens (including phenoxy) is 2. The molecule has 0 bridgehead atoms. The van der Waals surface area contributed by atoms with E-state index in [1.165, 1.54) is 225 Å². The highest BCUT2D eigenvalue weighted by atomic mass is 31.2. The Hall–Kier alpha value is -3.85. The number of unbranched alkanes of at least 4 members (excludes halogenated alkanes) is 40. The summed E-state index contributed by atoms with van der Waals surface area (Å²) in [5, 5.41) is 0. The van der Waals surface area contributed by atoms with Crippen molar-refractivity contribution in [1.82, 2.24) is 0 Å². The number of quaternary nitrogens is 1. The van der Waals surface area contributed by atoms with Crippen LogP contribution in [0.25, 0.3) is 0 Å². The third kappa shape index (κ3) is 83.0. The number of esters is 2. The fourth-order valence-electron chi connectivity index (χ4n) is 11.7. The van der Waals surface area contributed by atoms with Crippen molar-refractivity contribution in [1.29, 1.82) is 0 Å². The summed E-state index contributed by atoms with van der Waals surface area (Å²) >= 11 is 0. The van der Waals surface area contributed by atoms with Crippen LogP contribution in [0.1, 0.15) is 367 Å². The molecular formula is C89H157NO8P+. The number of carbonyl (C=O) groups is 2. The van der Waals surface area contributed by atoms with Crippen molar-refractivity contribution in [2.24, 2.45) is 0 Å². The normalized spacial score (nSPS) is 13.7. The fraction of sp³-hybridized carbons (Fsp3) is 0.730. The van der Waals surface area contributed by atoms with Gasteiger partial charge in [-0.1, -0.05) is 392 Å². The van der Waals surface area contributed by atoms with Crippen LogP contribution in [-0.2, 0) is 32.7 Å². The first-order valence-corrected chi connectivity index (χ1v) is 42.9. The molecule has 0 rings (SSSR count). The summed E-state index contributed by atoms with van der Waals surface area (Å²) in [6, 6.07) is 0. The maximum atomic E-state index is 12.9. The molecule has 0 aromatic rings. The summed E-state index contributed by atoms with van der Waals surface area (Å²) in [4.78, 5) is 36.0. The van der Waals surface area contributed by atoms with Crippen molar-refractivity contribution in [3.8, 4) is 0 Å². The van der Waals surface area contributed by atoms with E-state index in [0.29, 0.717) is 17.4 Å². The van der Waals surface area contributed by atoms with Gasteiger partial charge in [0.15, 0.2) is 6.10 Å². The second kappa shape index (κ2) is 78.3. The molecule has 1 N–H and O–H groups in total. The molecule has 0 aliphatic carbocycles. The van der Waals surface area contributed by atoms with Crippen LogP contribution in [0.4, 0.5) is 0 Å². The third-order valence-electron chi connectivity index (χ3n) is 17.9. The Kier molecular flexibility index (Phi) is 75.2. The Labute approximate surface area is 612 Å². The number of carbonyl (C=O) groups excluding carboxylic acids is 2. The van der Waals surface area contributed by atoms with Gasteiger partial charge in [-0.3, -0.25) is 18.6 Å². The van der Waals surface area contributed by atoms with E-state index in [4.69, 9.17) is 18.5 Å². The summed E-state index contributed by atoms with van der Waals surface area (Å²) in [6.45, 7) is 4.32. The molecule has 0 fully saturated rings. The first-order valence-electron chi connectivity index (χ1n) is 41.4. The van der Waals surface area contributed by atoms with Crippen LogP contribution in [0.15, 0.2) is 134 Å². The molecule has 0 spiro atoms. The summed E-state index contributed by atoms with van der Waals surface area (Å²) in [6.07, 6.45) is 115. The minimum Gasteiger partial charge on any atom is -0.462 e. The van der Waals surface area contributed by atoms with Gasteiger partial charge in [0.1, 0.15) is 19.8 Å². The van der Waals surface area contributed by atoms with Gasteiger partial charge in [0.05, 0.1) is 27.7 Å². The minimum atomic E-state index is -4.41. The number of hydrogen-bond acceptors (Lipinski definition) is 7. The molecule has 0 heterocycles. The minimum absolute atomic E-state index is 0.0197. The van der Waals surface area contributed by atoms with Crippen molar-refractivity contribution in [2.75, 3.05) is 47.5 Å². The van der Waals surface area contributed by atoms with E-state index in [2.05, 4.69) is 148 Å². The number of hydrogen-bond donors (Lipinski definition) is 1. The van der Waals surface area contributed by atoms with Crippen LogP contribution in [0, 0.1) is 0 Å². The zero-order valence-electron chi connectivity index (χ0n) is 65.2. The quantitative estimate of drug-likeness (QED) is 0.0211. The van der Waals surface area contributed by atoms with Gasteiger partial charge >= 0.3 is 19.8 Å². The first kappa shape index (κ1) is 95.2. The molecule has 0 amide bonds. The third-order valence-corrected chi connectivity index (χ3v) is 18.9. The number of nitrogens with zero attached hydrogens (tertiary/aromatic N) is 1. The van der Waals surface area contributed by atoms with Crippen molar-refractivity contribution < 1.29 is 42.1 Å². The smallest absolute Gasteiger partial charge is 0.462 e. The largest absolute Gasteiger partial charge is 0.472 e. The predicted octanol–water partition coefficient (Wildman–Crippen LogP) is 27.9. The van der Waals surface area contributed by atoms with E-state index in [1.54, 1.807) is 0 Å². The highest BCUT2D eigenvalue weighted by Gasteiger charge is 2.27. The maximum Gasteiger partial charge on any atom is 0.472 e. The summed E-state index contributed by atoms with van der Waals surface area (Å²) < 4.78 is 34.8. The molecule has 0 saturated carbocycles. The lowest BCUT2D eigenvalue weighted by atomic mass is 10.0. The van der Waals surface area contributed by atoms with Crippen LogP contribution in [0.5, 0.6) is 0 Å². The Bertz CT molecular complexity index is 2140. The summed E-state index contributed by atoms with van der Waals surface area (Å²) in [5.41, 5.74) is 0. The van der Waals surface area contributed by atoms with Crippen LogP contribution in [0.3, 0.4) is 0 Å². The molecule has 0 saturated heterocycles. The van der Waals surface area contributed by atoms with E-state index in [9.17, 15) is 19.0 Å². The average molecular weight is 1400 g/mol. The Morgan fingerprint density at radius 3 is 0.859 bits per heavy atom. The van der Waals surface area contributed by atoms with E-state index < -0.39 is 26.5 Å². The first-order chi connectivity index (χ1) is 48.5.